The Morgan fingerprint density at radius 1 is 1.43 bits per heavy atom. The minimum Gasteiger partial charge on any atom is -0.337 e. The molecule has 3 rings (SSSR count). The minimum absolute atomic E-state index is 0. The van der Waals surface area contributed by atoms with Crippen molar-refractivity contribution in [3.63, 3.8) is 0 Å². The van der Waals surface area contributed by atoms with E-state index in [2.05, 4.69) is 4.98 Å². The van der Waals surface area contributed by atoms with Gasteiger partial charge in [0.2, 0.25) is 0 Å². The topological polar surface area (TPSA) is 59.2 Å². The third-order valence-corrected chi connectivity index (χ3v) is 4.83. The number of aromatic nitrogens is 1. The van der Waals surface area contributed by atoms with E-state index in [4.69, 9.17) is 5.73 Å². The maximum absolute atomic E-state index is 13.7. The molecule has 0 bridgehead atoms. The van der Waals surface area contributed by atoms with E-state index in [9.17, 15) is 9.18 Å². The number of likely N-dealkylation sites (tertiary alicyclic amines) is 1. The van der Waals surface area contributed by atoms with Crippen LogP contribution in [0.4, 0.5) is 4.39 Å². The smallest absolute Gasteiger partial charge is 0.273 e. The summed E-state index contributed by atoms with van der Waals surface area (Å²) in [5.41, 5.74) is 6.70. The van der Waals surface area contributed by atoms with Gasteiger partial charge in [0, 0.05) is 24.9 Å². The van der Waals surface area contributed by atoms with Crippen molar-refractivity contribution in [2.45, 2.75) is 12.8 Å². The van der Waals surface area contributed by atoms with E-state index in [-0.39, 0.29) is 24.1 Å². The van der Waals surface area contributed by atoms with Gasteiger partial charge in [-0.1, -0.05) is 18.2 Å². The standard InChI is InChI=1S/C16H18FN3OS.ClH/c17-13-4-2-1-3-12(13)7-15-19-14(10-22-15)16(21)20-6-5-11(8-18)9-20;/h1-4,10-11H,5-9,18H2;1H. The predicted molar refractivity (Wildman–Crippen MR) is 91.6 cm³/mol. The average Bonchev–Trinajstić information content (AvgIpc) is 3.18. The first-order chi connectivity index (χ1) is 10.7. The van der Waals surface area contributed by atoms with E-state index in [0.29, 0.717) is 36.7 Å². The quantitative estimate of drug-likeness (QED) is 0.917. The Kier molecular flexibility index (Phi) is 6.10. The summed E-state index contributed by atoms with van der Waals surface area (Å²) in [5, 5.41) is 2.51. The van der Waals surface area contributed by atoms with Crippen LogP contribution in [0, 0.1) is 11.7 Å². The van der Waals surface area contributed by atoms with E-state index in [1.807, 2.05) is 0 Å². The number of halogens is 2. The molecule has 4 nitrogen and oxygen atoms in total. The van der Waals surface area contributed by atoms with Gasteiger partial charge in [0.1, 0.15) is 11.5 Å². The van der Waals surface area contributed by atoms with Crippen molar-refractivity contribution in [2.24, 2.45) is 11.7 Å². The second-order valence-electron chi connectivity index (χ2n) is 5.54. The van der Waals surface area contributed by atoms with Crippen LogP contribution in [0.1, 0.15) is 27.5 Å². The predicted octanol–water partition coefficient (Wildman–Crippen LogP) is 2.72. The van der Waals surface area contributed by atoms with Gasteiger partial charge in [-0.3, -0.25) is 4.79 Å². The fourth-order valence-electron chi connectivity index (χ4n) is 2.67. The summed E-state index contributed by atoms with van der Waals surface area (Å²) in [6.07, 6.45) is 1.37. The van der Waals surface area contributed by atoms with Gasteiger partial charge in [0.25, 0.3) is 5.91 Å². The highest BCUT2D eigenvalue weighted by molar-refractivity contribution is 7.09. The molecule has 0 radical (unpaired) electrons. The fourth-order valence-corrected chi connectivity index (χ4v) is 3.46. The van der Waals surface area contributed by atoms with Gasteiger partial charge in [-0.25, -0.2) is 9.37 Å². The number of amides is 1. The molecule has 1 atom stereocenters. The van der Waals surface area contributed by atoms with Crippen molar-refractivity contribution >= 4 is 29.7 Å². The van der Waals surface area contributed by atoms with Crippen LogP contribution in [0.25, 0.3) is 0 Å². The Hall–Kier alpha value is -1.50. The van der Waals surface area contributed by atoms with Gasteiger partial charge in [-0.15, -0.1) is 23.7 Å². The van der Waals surface area contributed by atoms with Gasteiger partial charge < -0.3 is 10.6 Å². The zero-order valence-corrected chi connectivity index (χ0v) is 14.2. The summed E-state index contributed by atoms with van der Waals surface area (Å²) in [6, 6.07) is 6.64. The number of carbonyl (C=O) groups is 1. The van der Waals surface area contributed by atoms with Crippen molar-refractivity contribution in [3.8, 4) is 0 Å². The first-order valence-corrected chi connectivity index (χ1v) is 8.22. The van der Waals surface area contributed by atoms with Crippen molar-refractivity contribution in [3.05, 3.63) is 51.7 Å². The van der Waals surface area contributed by atoms with Crippen molar-refractivity contribution < 1.29 is 9.18 Å². The van der Waals surface area contributed by atoms with Crippen LogP contribution >= 0.6 is 23.7 Å². The normalized spacial score (nSPS) is 17.1. The van der Waals surface area contributed by atoms with Crippen LogP contribution < -0.4 is 5.73 Å². The summed E-state index contributed by atoms with van der Waals surface area (Å²) in [4.78, 5) is 18.6. The van der Waals surface area contributed by atoms with Crippen LogP contribution in [-0.2, 0) is 6.42 Å². The number of benzene rings is 1. The molecule has 1 saturated heterocycles. The van der Waals surface area contributed by atoms with Gasteiger partial charge in [-0.2, -0.15) is 0 Å². The molecular formula is C16H19ClFN3OS. The Balaban J connectivity index is 0.00000192. The lowest BCUT2D eigenvalue weighted by atomic mass is 10.1. The Morgan fingerprint density at radius 3 is 2.91 bits per heavy atom. The molecular weight excluding hydrogens is 337 g/mol. The van der Waals surface area contributed by atoms with Crippen LogP contribution in [0.3, 0.4) is 0 Å². The number of hydrogen-bond acceptors (Lipinski definition) is 4. The Morgan fingerprint density at radius 2 is 2.22 bits per heavy atom. The van der Waals surface area contributed by atoms with E-state index >= 15 is 0 Å². The summed E-state index contributed by atoms with van der Waals surface area (Å²) in [6.45, 7) is 2.05. The lowest BCUT2D eigenvalue weighted by Crippen LogP contribution is -2.30. The molecule has 0 saturated carbocycles. The second-order valence-corrected chi connectivity index (χ2v) is 6.48. The highest BCUT2D eigenvalue weighted by Crippen LogP contribution is 2.21. The molecule has 1 aliphatic rings. The molecule has 0 aliphatic carbocycles. The number of rotatable bonds is 4. The molecule has 23 heavy (non-hydrogen) atoms. The maximum atomic E-state index is 13.7. The minimum atomic E-state index is -0.240. The lowest BCUT2D eigenvalue weighted by Gasteiger charge is -2.14. The Bertz CT molecular complexity index is 679. The third kappa shape index (κ3) is 4.07. The van der Waals surface area contributed by atoms with Crippen LogP contribution in [0.2, 0.25) is 0 Å². The number of hydrogen-bond donors (Lipinski definition) is 1. The molecule has 2 N–H and O–H groups in total. The molecule has 124 valence electrons. The largest absolute Gasteiger partial charge is 0.337 e. The van der Waals surface area contributed by atoms with Crippen LogP contribution in [0.15, 0.2) is 29.6 Å². The molecule has 1 unspecified atom stereocenters. The zero-order chi connectivity index (χ0) is 15.5. The number of nitrogens with two attached hydrogens (primary N) is 1. The third-order valence-electron chi connectivity index (χ3n) is 3.98. The van der Waals surface area contributed by atoms with Gasteiger partial charge in [0.05, 0.1) is 5.01 Å². The number of thiazole rings is 1. The number of carbonyl (C=O) groups excluding carboxylic acids is 1. The van der Waals surface area contributed by atoms with Gasteiger partial charge in [-0.05, 0) is 30.5 Å². The number of nitrogens with zero attached hydrogens (tertiary/aromatic N) is 2. The Labute approximate surface area is 144 Å². The lowest BCUT2D eigenvalue weighted by molar-refractivity contribution is 0.0782. The van der Waals surface area contributed by atoms with E-state index in [0.717, 1.165) is 18.0 Å². The average molecular weight is 356 g/mol. The highest BCUT2D eigenvalue weighted by Gasteiger charge is 2.27. The summed E-state index contributed by atoms with van der Waals surface area (Å²) in [7, 11) is 0. The molecule has 1 amide bonds. The molecule has 1 fully saturated rings. The summed E-state index contributed by atoms with van der Waals surface area (Å²) in [5.74, 6) is 0.100. The molecule has 1 aliphatic heterocycles. The van der Waals surface area contributed by atoms with Crippen molar-refractivity contribution in [2.75, 3.05) is 19.6 Å². The van der Waals surface area contributed by atoms with E-state index < -0.39 is 0 Å². The summed E-state index contributed by atoms with van der Waals surface area (Å²) < 4.78 is 13.7. The van der Waals surface area contributed by atoms with Crippen LogP contribution in [-0.4, -0.2) is 35.4 Å². The van der Waals surface area contributed by atoms with E-state index in [1.54, 1.807) is 28.5 Å². The molecule has 2 heterocycles. The highest BCUT2D eigenvalue weighted by atomic mass is 35.5. The van der Waals surface area contributed by atoms with Gasteiger partial charge in [0.15, 0.2) is 0 Å². The summed E-state index contributed by atoms with van der Waals surface area (Å²) >= 11 is 1.40. The monoisotopic (exact) mass is 355 g/mol. The van der Waals surface area contributed by atoms with Crippen LogP contribution in [0.5, 0.6) is 0 Å². The van der Waals surface area contributed by atoms with Gasteiger partial charge >= 0.3 is 0 Å². The molecule has 1 aromatic carbocycles. The second kappa shape index (κ2) is 7.86. The SMILES string of the molecule is Cl.NCC1CCN(C(=O)c2csc(Cc3ccccc3F)n2)C1. The fraction of sp³-hybridized carbons (Fsp3) is 0.375. The molecule has 7 heteroatoms. The van der Waals surface area contributed by atoms with Crippen molar-refractivity contribution in [1.29, 1.82) is 0 Å². The molecule has 0 spiro atoms. The molecule has 2 aromatic rings. The first kappa shape index (κ1) is 17.8. The molecule has 1 aromatic heterocycles. The van der Waals surface area contributed by atoms with E-state index in [1.165, 1.54) is 17.4 Å². The maximum Gasteiger partial charge on any atom is 0.273 e. The van der Waals surface area contributed by atoms with Crippen molar-refractivity contribution in [1.82, 2.24) is 9.88 Å². The zero-order valence-electron chi connectivity index (χ0n) is 12.6. The first-order valence-electron chi connectivity index (χ1n) is 7.34.